The van der Waals surface area contributed by atoms with E-state index in [1.807, 2.05) is 62.4 Å². The molecule has 0 heterocycles. The van der Waals surface area contributed by atoms with Crippen molar-refractivity contribution in [1.82, 2.24) is 0 Å². The molecule has 1 N–H and O–H groups in total. The van der Waals surface area contributed by atoms with Crippen molar-refractivity contribution in [2.75, 3.05) is 12.4 Å². The number of hydrogen-bond acceptors (Lipinski definition) is 3. The maximum Gasteiger partial charge on any atom is 0.256 e. The molecule has 0 fully saturated rings. The van der Waals surface area contributed by atoms with Gasteiger partial charge in [0.1, 0.15) is 18.0 Å². The van der Waals surface area contributed by atoms with Gasteiger partial charge in [-0.25, -0.2) is 0 Å². The highest BCUT2D eigenvalue weighted by Gasteiger charge is 2.30. The van der Waals surface area contributed by atoms with E-state index in [1.165, 1.54) is 0 Å². The van der Waals surface area contributed by atoms with Crippen molar-refractivity contribution in [2.24, 2.45) is 0 Å². The second-order valence-electron chi connectivity index (χ2n) is 6.00. The topological polar surface area (TPSA) is 47.6 Å². The molecule has 4 heteroatoms. The third kappa shape index (κ3) is 4.36. The normalized spacial score (nSPS) is 13.2. The molecule has 128 valence electrons. The number of hydrogen-bond donors (Lipinski definition) is 1. The Morgan fingerprint density at radius 3 is 2.46 bits per heavy atom. The molecule has 0 radical (unpaired) electrons. The van der Waals surface area contributed by atoms with Crippen molar-refractivity contribution in [1.29, 1.82) is 0 Å². The smallest absolute Gasteiger partial charge is 0.256 e. The Bertz CT molecular complexity index is 679. The number of amides is 1. The average molecular weight is 327 g/mol. The highest BCUT2D eigenvalue weighted by atomic mass is 16.5. The van der Waals surface area contributed by atoms with Crippen LogP contribution in [0.2, 0.25) is 0 Å². The number of carbonyl (C=O) groups is 1. The molecule has 0 saturated heterocycles. The molecule has 24 heavy (non-hydrogen) atoms. The van der Waals surface area contributed by atoms with Crippen LogP contribution in [0.3, 0.4) is 0 Å². The number of anilines is 1. The molecule has 0 aliphatic heterocycles. The van der Waals surface area contributed by atoms with Crippen molar-refractivity contribution < 1.29 is 14.3 Å². The van der Waals surface area contributed by atoms with Gasteiger partial charge in [0.25, 0.3) is 5.91 Å². The van der Waals surface area contributed by atoms with Crippen molar-refractivity contribution in [3.8, 4) is 5.75 Å². The zero-order valence-corrected chi connectivity index (χ0v) is 14.8. The molecule has 1 atom stereocenters. The number of rotatable bonds is 7. The summed E-state index contributed by atoms with van der Waals surface area (Å²) in [6.07, 6.45) is 0.604. The van der Waals surface area contributed by atoms with Gasteiger partial charge in [0.15, 0.2) is 0 Å². The first kappa shape index (κ1) is 18.0. The van der Waals surface area contributed by atoms with Crippen molar-refractivity contribution in [2.45, 2.75) is 39.4 Å². The highest BCUT2D eigenvalue weighted by Crippen LogP contribution is 2.24. The largest absolute Gasteiger partial charge is 0.489 e. The molecule has 2 aromatic rings. The standard InChI is InChI=1S/C20H25NO3/c1-5-20(3,23-4)19(22)21-17-11-12-18(15(2)13-17)24-14-16-9-7-6-8-10-16/h6-13H,5,14H2,1-4H3,(H,21,22). The Morgan fingerprint density at radius 1 is 1.17 bits per heavy atom. The van der Waals surface area contributed by atoms with Crippen molar-refractivity contribution in [3.05, 3.63) is 59.7 Å². The number of carbonyl (C=O) groups excluding carboxylic acids is 1. The first-order chi connectivity index (χ1) is 11.5. The molecule has 0 bridgehead atoms. The van der Waals surface area contributed by atoms with Gasteiger partial charge in [-0.05, 0) is 49.6 Å². The lowest BCUT2D eigenvalue weighted by Gasteiger charge is -2.25. The van der Waals surface area contributed by atoms with Crippen molar-refractivity contribution in [3.63, 3.8) is 0 Å². The molecule has 2 rings (SSSR count). The molecular formula is C20H25NO3. The van der Waals surface area contributed by atoms with Crippen LogP contribution >= 0.6 is 0 Å². The lowest BCUT2D eigenvalue weighted by Crippen LogP contribution is -2.41. The summed E-state index contributed by atoms with van der Waals surface area (Å²) >= 11 is 0. The first-order valence-corrected chi connectivity index (χ1v) is 8.12. The molecular weight excluding hydrogens is 302 g/mol. The number of aryl methyl sites for hydroxylation is 1. The zero-order chi connectivity index (χ0) is 17.6. The molecule has 0 aliphatic rings. The van der Waals surface area contributed by atoms with E-state index < -0.39 is 5.60 Å². The van der Waals surface area contributed by atoms with Crippen molar-refractivity contribution >= 4 is 11.6 Å². The third-order valence-corrected chi connectivity index (χ3v) is 4.28. The molecule has 2 aromatic carbocycles. The average Bonchev–Trinajstić information content (AvgIpc) is 2.61. The van der Waals surface area contributed by atoms with Crippen LogP contribution in [-0.4, -0.2) is 18.6 Å². The Balaban J connectivity index is 2.03. The van der Waals surface area contributed by atoms with Crippen LogP contribution < -0.4 is 10.1 Å². The molecule has 1 amide bonds. The van der Waals surface area contributed by atoms with E-state index >= 15 is 0 Å². The van der Waals surface area contributed by atoms with Gasteiger partial charge in [-0.15, -0.1) is 0 Å². The fraction of sp³-hybridized carbons (Fsp3) is 0.350. The van der Waals surface area contributed by atoms with E-state index in [9.17, 15) is 4.79 Å². The van der Waals surface area contributed by atoms with Crippen LogP contribution in [0.25, 0.3) is 0 Å². The van der Waals surface area contributed by atoms with Crippen LogP contribution in [0.5, 0.6) is 5.75 Å². The Kier molecular flexibility index (Phi) is 5.99. The molecule has 4 nitrogen and oxygen atoms in total. The predicted molar refractivity (Wildman–Crippen MR) is 96.3 cm³/mol. The minimum atomic E-state index is -0.823. The van der Waals surface area contributed by atoms with Crippen LogP contribution in [0.1, 0.15) is 31.4 Å². The molecule has 0 saturated carbocycles. The number of methoxy groups -OCH3 is 1. The minimum absolute atomic E-state index is 0.148. The second-order valence-corrected chi connectivity index (χ2v) is 6.00. The summed E-state index contributed by atoms with van der Waals surface area (Å²) in [5.41, 5.74) is 2.00. The summed E-state index contributed by atoms with van der Waals surface area (Å²) in [7, 11) is 1.55. The number of benzene rings is 2. The van der Waals surface area contributed by atoms with Gasteiger partial charge in [-0.2, -0.15) is 0 Å². The molecule has 1 unspecified atom stereocenters. The number of nitrogens with one attached hydrogen (secondary N) is 1. The van der Waals surface area contributed by atoms with Gasteiger partial charge in [0.05, 0.1) is 0 Å². The Hall–Kier alpha value is -2.33. The summed E-state index contributed by atoms with van der Waals surface area (Å²) in [5, 5.41) is 2.91. The van der Waals surface area contributed by atoms with E-state index in [0.717, 1.165) is 22.6 Å². The highest BCUT2D eigenvalue weighted by molar-refractivity contribution is 5.97. The van der Waals surface area contributed by atoms with Crippen LogP contribution in [0.4, 0.5) is 5.69 Å². The van der Waals surface area contributed by atoms with Gasteiger partial charge < -0.3 is 14.8 Å². The van der Waals surface area contributed by atoms with E-state index in [2.05, 4.69) is 5.32 Å². The Labute approximate surface area is 143 Å². The molecule has 0 spiro atoms. The van der Waals surface area contributed by atoms with Crippen LogP contribution in [0, 0.1) is 6.92 Å². The van der Waals surface area contributed by atoms with Crippen LogP contribution in [0.15, 0.2) is 48.5 Å². The van der Waals surface area contributed by atoms with E-state index in [0.29, 0.717) is 13.0 Å². The maximum absolute atomic E-state index is 12.3. The second kappa shape index (κ2) is 7.97. The zero-order valence-electron chi connectivity index (χ0n) is 14.8. The number of ether oxygens (including phenoxy) is 2. The van der Waals surface area contributed by atoms with E-state index in [-0.39, 0.29) is 5.91 Å². The molecule has 0 aromatic heterocycles. The monoisotopic (exact) mass is 327 g/mol. The lowest BCUT2D eigenvalue weighted by molar-refractivity contribution is -0.136. The van der Waals surface area contributed by atoms with E-state index in [4.69, 9.17) is 9.47 Å². The summed E-state index contributed by atoms with van der Waals surface area (Å²) in [5.74, 6) is 0.659. The lowest BCUT2D eigenvalue weighted by atomic mass is 10.0. The van der Waals surface area contributed by atoms with Gasteiger partial charge in [-0.1, -0.05) is 37.3 Å². The maximum atomic E-state index is 12.3. The first-order valence-electron chi connectivity index (χ1n) is 8.12. The predicted octanol–water partition coefficient (Wildman–Crippen LogP) is 4.33. The van der Waals surface area contributed by atoms with Gasteiger partial charge in [-0.3, -0.25) is 4.79 Å². The summed E-state index contributed by atoms with van der Waals surface area (Å²) in [6, 6.07) is 15.6. The van der Waals surface area contributed by atoms with Crippen LogP contribution in [-0.2, 0) is 16.1 Å². The fourth-order valence-electron chi connectivity index (χ4n) is 2.29. The third-order valence-electron chi connectivity index (χ3n) is 4.28. The van der Waals surface area contributed by atoms with E-state index in [1.54, 1.807) is 14.0 Å². The summed E-state index contributed by atoms with van der Waals surface area (Å²) in [6.45, 7) is 6.19. The SMILES string of the molecule is CCC(C)(OC)C(=O)Nc1ccc(OCc2ccccc2)c(C)c1. The van der Waals surface area contributed by atoms with Gasteiger partial charge in [0.2, 0.25) is 0 Å². The Morgan fingerprint density at radius 2 is 1.88 bits per heavy atom. The molecule has 0 aliphatic carbocycles. The summed E-state index contributed by atoms with van der Waals surface area (Å²) < 4.78 is 11.2. The summed E-state index contributed by atoms with van der Waals surface area (Å²) in [4.78, 5) is 12.3. The minimum Gasteiger partial charge on any atom is -0.489 e. The van der Waals surface area contributed by atoms with Gasteiger partial charge in [0, 0.05) is 12.8 Å². The van der Waals surface area contributed by atoms with Gasteiger partial charge >= 0.3 is 0 Å². The fourth-order valence-corrected chi connectivity index (χ4v) is 2.29. The quantitative estimate of drug-likeness (QED) is 0.823.